The number of aromatic nitrogens is 1. The van der Waals surface area contributed by atoms with Gasteiger partial charge in [0.1, 0.15) is 16.5 Å². The SMILES string of the molecule is COCC(Cc1ccccc1)Nc1cc(C)c(S(=O)(=O)NCCC(=O)Nc2cc(Cl)ccc2OC)cn1. The second-order valence-electron chi connectivity index (χ2n) is 8.36. The smallest absolute Gasteiger partial charge is 0.242 e. The number of aryl methyl sites for hydroxylation is 1. The quantitative estimate of drug-likeness (QED) is 0.296. The van der Waals surface area contributed by atoms with Crippen LogP contribution in [0.5, 0.6) is 5.75 Å². The molecule has 11 heteroatoms. The van der Waals surface area contributed by atoms with Crippen LogP contribution in [0.2, 0.25) is 5.02 Å². The number of benzene rings is 2. The maximum atomic E-state index is 12.9. The van der Waals surface area contributed by atoms with Crippen LogP contribution in [0.25, 0.3) is 0 Å². The molecular weight excluding hydrogens is 516 g/mol. The van der Waals surface area contributed by atoms with Crippen molar-refractivity contribution in [3.8, 4) is 5.75 Å². The van der Waals surface area contributed by atoms with Crippen LogP contribution >= 0.6 is 11.6 Å². The summed E-state index contributed by atoms with van der Waals surface area (Å²) in [5.74, 6) is 0.606. The van der Waals surface area contributed by atoms with Gasteiger partial charge in [-0.2, -0.15) is 0 Å². The van der Waals surface area contributed by atoms with E-state index in [9.17, 15) is 13.2 Å². The van der Waals surface area contributed by atoms with Crippen molar-refractivity contribution < 1.29 is 22.7 Å². The minimum atomic E-state index is -3.87. The molecule has 198 valence electrons. The fourth-order valence-corrected chi connectivity index (χ4v) is 5.10. The summed E-state index contributed by atoms with van der Waals surface area (Å²) in [5, 5.41) is 6.43. The van der Waals surface area contributed by atoms with Gasteiger partial charge in [0.05, 0.1) is 25.4 Å². The minimum absolute atomic E-state index is 0.0429. The summed E-state index contributed by atoms with van der Waals surface area (Å²) in [4.78, 5) is 16.7. The molecule has 3 rings (SSSR count). The van der Waals surface area contributed by atoms with E-state index >= 15 is 0 Å². The van der Waals surface area contributed by atoms with Crippen molar-refractivity contribution in [2.75, 3.05) is 38.0 Å². The van der Waals surface area contributed by atoms with Crippen molar-refractivity contribution in [3.63, 3.8) is 0 Å². The van der Waals surface area contributed by atoms with Crippen LogP contribution in [0.1, 0.15) is 17.5 Å². The first-order valence-corrected chi connectivity index (χ1v) is 13.5. The second-order valence-corrected chi connectivity index (χ2v) is 10.5. The lowest BCUT2D eigenvalue weighted by molar-refractivity contribution is -0.116. The molecule has 1 atom stereocenters. The highest BCUT2D eigenvalue weighted by molar-refractivity contribution is 7.89. The van der Waals surface area contributed by atoms with Gasteiger partial charge in [0, 0.05) is 31.3 Å². The number of hydrogen-bond acceptors (Lipinski definition) is 7. The van der Waals surface area contributed by atoms with Crippen LogP contribution in [0.3, 0.4) is 0 Å². The number of ether oxygens (including phenoxy) is 2. The number of pyridine rings is 1. The molecule has 1 aromatic heterocycles. The van der Waals surface area contributed by atoms with Gasteiger partial charge >= 0.3 is 0 Å². The van der Waals surface area contributed by atoms with Crippen LogP contribution in [0, 0.1) is 6.92 Å². The number of hydrogen-bond donors (Lipinski definition) is 3. The zero-order chi connectivity index (χ0) is 26.8. The van der Waals surface area contributed by atoms with Gasteiger partial charge in [-0.3, -0.25) is 4.79 Å². The van der Waals surface area contributed by atoms with Gasteiger partial charge in [-0.25, -0.2) is 18.1 Å². The fraction of sp³-hybridized carbons (Fsp3) is 0.308. The Morgan fingerprint density at radius 2 is 1.86 bits per heavy atom. The van der Waals surface area contributed by atoms with E-state index in [2.05, 4.69) is 20.3 Å². The predicted molar refractivity (Wildman–Crippen MR) is 145 cm³/mol. The van der Waals surface area contributed by atoms with Crippen LogP contribution < -0.4 is 20.1 Å². The molecule has 0 aliphatic heterocycles. The van der Waals surface area contributed by atoms with Crippen molar-refractivity contribution in [3.05, 3.63) is 76.9 Å². The van der Waals surface area contributed by atoms with Crippen LogP contribution in [-0.2, 0) is 26.0 Å². The Morgan fingerprint density at radius 3 is 2.54 bits per heavy atom. The van der Waals surface area contributed by atoms with E-state index < -0.39 is 10.0 Å². The highest BCUT2D eigenvalue weighted by atomic mass is 35.5. The summed E-state index contributed by atoms with van der Waals surface area (Å²) in [6.45, 7) is 2.06. The molecule has 0 fully saturated rings. The summed E-state index contributed by atoms with van der Waals surface area (Å²) in [6.07, 6.45) is 1.95. The third-order valence-corrected chi connectivity index (χ3v) is 7.30. The van der Waals surface area contributed by atoms with Gasteiger partial charge in [-0.05, 0) is 48.7 Å². The van der Waals surface area contributed by atoms with Crippen LogP contribution in [0.4, 0.5) is 11.5 Å². The van der Waals surface area contributed by atoms with Gasteiger partial charge in [-0.1, -0.05) is 41.9 Å². The molecule has 1 amide bonds. The van der Waals surface area contributed by atoms with E-state index in [1.54, 1.807) is 38.3 Å². The predicted octanol–water partition coefficient (Wildman–Crippen LogP) is 4.03. The van der Waals surface area contributed by atoms with Crippen molar-refractivity contribution in [2.24, 2.45) is 0 Å². The Hall–Kier alpha value is -3.18. The monoisotopic (exact) mass is 546 g/mol. The lowest BCUT2D eigenvalue weighted by Gasteiger charge is -2.19. The molecule has 0 saturated heterocycles. The molecule has 1 heterocycles. The minimum Gasteiger partial charge on any atom is -0.495 e. The first-order chi connectivity index (χ1) is 17.7. The van der Waals surface area contributed by atoms with E-state index in [-0.39, 0.29) is 29.8 Å². The van der Waals surface area contributed by atoms with Crippen molar-refractivity contribution in [1.82, 2.24) is 9.71 Å². The average Bonchev–Trinajstić information content (AvgIpc) is 2.85. The zero-order valence-electron chi connectivity index (χ0n) is 21.0. The highest BCUT2D eigenvalue weighted by Gasteiger charge is 2.19. The molecule has 3 N–H and O–H groups in total. The highest BCUT2D eigenvalue weighted by Crippen LogP contribution is 2.27. The number of amides is 1. The summed E-state index contributed by atoms with van der Waals surface area (Å²) >= 11 is 5.98. The number of anilines is 2. The first kappa shape index (κ1) is 28.4. The van der Waals surface area contributed by atoms with E-state index in [1.807, 2.05) is 30.3 Å². The number of sulfonamides is 1. The van der Waals surface area contributed by atoms with Crippen molar-refractivity contribution in [1.29, 1.82) is 0 Å². The Bertz CT molecular complexity index is 1310. The molecule has 0 aliphatic rings. The normalized spacial score (nSPS) is 12.1. The maximum absolute atomic E-state index is 12.9. The van der Waals surface area contributed by atoms with Gasteiger partial charge in [0.15, 0.2) is 0 Å². The molecule has 0 aliphatic carbocycles. The summed E-state index contributed by atoms with van der Waals surface area (Å²) in [7, 11) is -0.766. The van der Waals surface area contributed by atoms with E-state index in [1.165, 1.54) is 13.3 Å². The lowest BCUT2D eigenvalue weighted by Crippen LogP contribution is -2.29. The molecule has 2 aromatic carbocycles. The number of nitrogens with zero attached hydrogens (tertiary/aromatic N) is 1. The molecule has 0 saturated carbocycles. The zero-order valence-corrected chi connectivity index (χ0v) is 22.5. The molecular formula is C26H31ClN4O5S. The average molecular weight is 547 g/mol. The number of halogens is 1. The molecule has 37 heavy (non-hydrogen) atoms. The number of carbonyl (C=O) groups is 1. The van der Waals surface area contributed by atoms with E-state index in [4.69, 9.17) is 21.1 Å². The molecule has 0 bridgehead atoms. The third kappa shape index (κ3) is 8.43. The number of rotatable bonds is 13. The first-order valence-electron chi connectivity index (χ1n) is 11.6. The fourth-order valence-electron chi connectivity index (χ4n) is 3.73. The molecule has 0 radical (unpaired) electrons. The van der Waals surface area contributed by atoms with Crippen LogP contribution in [0.15, 0.2) is 65.7 Å². The van der Waals surface area contributed by atoms with Crippen molar-refractivity contribution in [2.45, 2.75) is 30.7 Å². The standard InChI is InChI=1S/C26H31ClN4O5S/c1-18-13-25(30-21(17-35-2)14-19-7-5-4-6-8-19)28-16-24(18)37(33,34)29-12-11-26(32)31-22-15-20(27)9-10-23(22)36-3/h4-10,13,15-16,21,29H,11-12,14,17H2,1-3H3,(H,28,30)(H,31,32). The van der Waals surface area contributed by atoms with Crippen LogP contribution in [-0.4, -0.2) is 52.7 Å². The Labute approximate surface area is 222 Å². The number of methoxy groups -OCH3 is 2. The van der Waals surface area contributed by atoms with E-state index in [0.717, 1.165) is 12.0 Å². The molecule has 1 unspecified atom stereocenters. The Kier molecular flexibility index (Phi) is 10.3. The molecule has 9 nitrogen and oxygen atoms in total. The Morgan fingerprint density at radius 1 is 1.11 bits per heavy atom. The summed E-state index contributed by atoms with van der Waals surface area (Å²) in [6, 6.07) is 16.5. The van der Waals surface area contributed by atoms with Crippen molar-refractivity contribution >= 4 is 39.0 Å². The maximum Gasteiger partial charge on any atom is 0.242 e. The topological polar surface area (TPSA) is 119 Å². The van der Waals surface area contributed by atoms with E-state index in [0.29, 0.717) is 34.4 Å². The number of nitrogens with one attached hydrogen (secondary N) is 3. The lowest BCUT2D eigenvalue weighted by atomic mass is 10.1. The molecule has 0 spiro atoms. The van der Waals surface area contributed by atoms with Gasteiger partial charge in [-0.15, -0.1) is 0 Å². The Balaban J connectivity index is 1.59. The molecule has 3 aromatic rings. The third-order valence-electron chi connectivity index (χ3n) is 5.48. The van der Waals surface area contributed by atoms with Gasteiger partial charge in [0.2, 0.25) is 15.9 Å². The summed E-state index contributed by atoms with van der Waals surface area (Å²) in [5.41, 5.74) is 2.08. The summed E-state index contributed by atoms with van der Waals surface area (Å²) < 4.78 is 38.7. The second kappa shape index (κ2) is 13.4. The van der Waals surface area contributed by atoms with Gasteiger partial charge in [0.25, 0.3) is 0 Å². The number of carbonyl (C=O) groups excluding carboxylic acids is 1. The van der Waals surface area contributed by atoms with Gasteiger partial charge < -0.3 is 20.1 Å². The largest absolute Gasteiger partial charge is 0.495 e.